The Morgan fingerprint density at radius 3 is 1.71 bits per heavy atom. The molecule has 0 nitrogen and oxygen atoms in total. The van der Waals surface area contributed by atoms with Gasteiger partial charge in [-0.05, 0) is 35.4 Å². The molecular formula is C34H50Si. The van der Waals surface area contributed by atoms with Crippen molar-refractivity contribution >= 4 is 20.8 Å². The van der Waals surface area contributed by atoms with Gasteiger partial charge in [0.1, 0.15) is 9.52 Å². The first kappa shape index (κ1) is 28.0. The zero-order chi connectivity index (χ0) is 24.6. The second-order valence-corrected chi connectivity index (χ2v) is 12.2. The van der Waals surface area contributed by atoms with Gasteiger partial charge in [0.05, 0.1) is 0 Å². The van der Waals surface area contributed by atoms with Gasteiger partial charge in [0.2, 0.25) is 0 Å². The predicted octanol–water partition coefficient (Wildman–Crippen LogP) is 9.98. The summed E-state index contributed by atoms with van der Waals surface area (Å²) in [6, 6.07) is 18.1. The van der Waals surface area contributed by atoms with E-state index in [0.29, 0.717) is 5.92 Å². The van der Waals surface area contributed by atoms with E-state index in [4.69, 9.17) is 0 Å². The quantitative estimate of drug-likeness (QED) is 0.137. The summed E-state index contributed by atoms with van der Waals surface area (Å²) in [5.74, 6) is 0.563. The third-order valence-corrected chi connectivity index (χ3v) is 9.46. The van der Waals surface area contributed by atoms with Crippen molar-refractivity contribution < 1.29 is 0 Å². The van der Waals surface area contributed by atoms with Gasteiger partial charge >= 0.3 is 0 Å². The average molecular weight is 487 g/mol. The van der Waals surface area contributed by atoms with E-state index in [9.17, 15) is 0 Å². The van der Waals surface area contributed by atoms with Gasteiger partial charge in [-0.1, -0.05) is 175 Å². The number of fused-ring (bicyclic) bond motifs is 1. The lowest BCUT2D eigenvalue weighted by Crippen LogP contribution is -2.22. The van der Waals surface area contributed by atoms with E-state index in [1.54, 1.807) is 15.9 Å². The Kier molecular flexibility index (Phi) is 13.6. The van der Waals surface area contributed by atoms with Crippen molar-refractivity contribution in [3.63, 3.8) is 0 Å². The molecule has 190 valence electrons. The largest absolute Gasteiger partial charge is 0.117 e. The molecule has 2 aromatic rings. The number of unbranched alkanes of at least 4 members (excludes halogenated alkanes) is 15. The van der Waals surface area contributed by atoms with Gasteiger partial charge in [0.25, 0.3) is 0 Å². The Morgan fingerprint density at radius 2 is 1.11 bits per heavy atom. The van der Waals surface area contributed by atoms with Crippen LogP contribution < -0.4 is 5.19 Å². The number of allylic oxidation sites excluding steroid dienone is 1. The smallest absolute Gasteiger partial charge is 0.0717 e. The van der Waals surface area contributed by atoms with Crippen LogP contribution in [0.15, 0.2) is 53.7 Å². The molecule has 2 radical (unpaired) electrons. The molecule has 1 aliphatic carbocycles. The lowest BCUT2D eigenvalue weighted by molar-refractivity contribution is 0.529. The highest BCUT2D eigenvalue weighted by atomic mass is 28.2. The van der Waals surface area contributed by atoms with Crippen LogP contribution in [0.25, 0.3) is 6.08 Å². The molecule has 0 bridgehead atoms. The summed E-state index contributed by atoms with van der Waals surface area (Å²) in [6.45, 7) is 4.68. The average Bonchev–Trinajstić information content (AvgIpc) is 3.20. The van der Waals surface area contributed by atoms with Gasteiger partial charge in [-0.25, -0.2) is 0 Å². The molecule has 0 aromatic heterocycles. The van der Waals surface area contributed by atoms with E-state index in [0.717, 1.165) is 9.52 Å². The molecular weight excluding hydrogens is 436 g/mol. The molecule has 0 saturated carbocycles. The van der Waals surface area contributed by atoms with Crippen LogP contribution in [-0.2, 0) is 6.42 Å². The van der Waals surface area contributed by atoms with Crippen LogP contribution >= 0.6 is 0 Å². The molecule has 35 heavy (non-hydrogen) atoms. The molecule has 0 heterocycles. The minimum Gasteiger partial charge on any atom is -0.0717 e. The van der Waals surface area contributed by atoms with Crippen molar-refractivity contribution in [3.05, 3.63) is 70.4 Å². The Bertz CT molecular complexity index is 864. The minimum absolute atomic E-state index is 0.563. The van der Waals surface area contributed by atoms with Gasteiger partial charge < -0.3 is 0 Å². The summed E-state index contributed by atoms with van der Waals surface area (Å²) < 4.78 is 0. The maximum Gasteiger partial charge on any atom is 0.117 e. The molecule has 1 aliphatic rings. The van der Waals surface area contributed by atoms with Crippen LogP contribution in [-0.4, -0.2) is 9.52 Å². The third-order valence-electron chi connectivity index (χ3n) is 7.84. The Balaban J connectivity index is 1.22. The second kappa shape index (κ2) is 17.0. The highest BCUT2D eigenvalue weighted by Crippen LogP contribution is 2.34. The van der Waals surface area contributed by atoms with E-state index < -0.39 is 0 Å². The van der Waals surface area contributed by atoms with Crippen LogP contribution in [0.1, 0.15) is 139 Å². The highest BCUT2D eigenvalue weighted by molar-refractivity contribution is 6.63. The van der Waals surface area contributed by atoms with Gasteiger partial charge in [0, 0.05) is 0 Å². The minimum atomic E-state index is 0.563. The molecule has 1 heteroatoms. The first-order chi connectivity index (χ1) is 17.3. The summed E-state index contributed by atoms with van der Waals surface area (Å²) in [6.07, 6.45) is 26.7. The first-order valence-corrected chi connectivity index (χ1v) is 15.9. The van der Waals surface area contributed by atoms with Gasteiger partial charge in [-0.3, -0.25) is 0 Å². The summed E-state index contributed by atoms with van der Waals surface area (Å²) in [5, 5.41) is 3.17. The summed E-state index contributed by atoms with van der Waals surface area (Å²) >= 11 is 0. The number of hydrogen-bond acceptors (Lipinski definition) is 0. The molecule has 2 aromatic carbocycles. The van der Waals surface area contributed by atoms with Crippen LogP contribution in [0.2, 0.25) is 0 Å². The summed E-state index contributed by atoms with van der Waals surface area (Å²) in [4.78, 5) is 0. The fourth-order valence-electron chi connectivity index (χ4n) is 5.52. The van der Waals surface area contributed by atoms with Crippen LogP contribution in [0.5, 0.6) is 0 Å². The van der Waals surface area contributed by atoms with E-state index in [-0.39, 0.29) is 0 Å². The number of benzene rings is 2. The van der Waals surface area contributed by atoms with Crippen LogP contribution in [0.3, 0.4) is 0 Å². The zero-order valence-electron chi connectivity index (χ0n) is 22.8. The third kappa shape index (κ3) is 10.1. The predicted molar refractivity (Wildman–Crippen MR) is 158 cm³/mol. The van der Waals surface area contributed by atoms with E-state index in [1.807, 2.05) is 0 Å². The molecule has 0 saturated heterocycles. The maximum absolute atomic E-state index is 2.45. The van der Waals surface area contributed by atoms with Gasteiger partial charge in [0.15, 0.2) is 0 Å². The SMILES string of the molecule is CCCCCCCCCCCCCCCCCCc1ccccc1[Si]C1=Cc2ccccc2C1C. The maximum atomic E-state index is 2.45. The number of hydrogen-bond donors (Lipinski definition) is 0. The van der Waals surface area contributed by atoms with Crippen molar-refractivity contribution in [1.82, 2.24) is 0 Å². The van der Waals surface area contributed by atoms with Crippen LogP contribution in [0, 0.1) is 0 Å². The molecule has 0 aliphatic heterocycles. The van der Waals surface area contributed by atoms with Crippen molar-refractivity contribution in [2.24, 2.45) is 0 Å². The molecule has 1 unspecified atom stereocenters. The van der Waals surface area contributed by atoms with E-state index >= 15 is 0 Å². The van der Waals surface area contributed by atoms with Gasteiger partial charge in [-0.15, -0.1) is 0 Å². The van der Waals surface area contributed by atoms with Crippen molar-refractivity contribution in [1.29, 1.82) is 0 Å². The zero-order valence-corrected chi connectivity index (χ0v) is 23.8. The van der Waals surface area contributed by atoms with Gasteiger partial charge in [-0.2, -0.15) is 0 Å². The summed E-state index contributed by atoms with van der Waals surface area (Å²) in [5.41, 5.74) is 4.52. The molecule has 0 fully saturated rings. The lowest BCUT2D eigenvalue weighted by Gasteiger charge is -2.13. The fourth-order valence-corrected chi connectivity index (χ4v) is 6.98. The van der Waals surface area contributed by atoms with Crippen LogP contribution in [0.4, 0.5) is 0 Å². The Labute approximate surface area is 219 Å². The molecule has 0 N–H and O–H groups in total. The standard InChI is InChI=1S/C34H50Si/c1-3-4-5-6-7-8-9-10-11-12-13-14-15-16-17-18-23-30-24-20-22-27-33(30)35-34-28-31-25-19-21-26-32(31)29(34)2/h19-22,24-29H,3-18,23H2,1-2H3. The second-order valence-electron chi connectivity index (χ2n) is 10.8. The van der Waals surface area contributed by atoms with E-state index in [1.165, 1.54) is 120 Å². The fraction of sp³-hybridized carbons (Fsp3) is 0.588. The lowest BCUT2D eigenvalue weighted by atomic mass is 10.0. The number of rotatable bonds is 19. The normalized spacial score (nSPS) is 14.8. The monoisotopic (exact) mass is 486 g/mol. The van der Waals surface area contributed by atoms with Crippen molar-refractivity contribution in [2.45, 2.75) is 129 Å². The van der Waals surface area contributed by atoms with E-state index in [2.05, 4.69) is 68.5 Å². The number of aryl methyl sites for hydroxylation is 1. The van der Waals surface area contributed by atoms with Crippen molar-refractivity contribution in [3.8, 4) is 0 Å². The molecule has 0 amide bonds. The molecule has 3 rings (SSSR count). The Hall–Kier alpha value is -1.60. The highest BCUT2D eigenvalue weighted by Gasteiger charge is 2.21. The first-order valence-electron chi connectivity index (χ1n) is 14.9. The topological polar surface area (TPSA) is 0 Å². The Morgan fingerprint density at radius 1 is 0.600 bits per heavy atom. The van der Waals surface area contributed by atoms with Crippen molar-refractivity contribution in [2.75, 3.05) is 0 Å². The summed E-state index contributed by atoms with van der Waals surface area (Å²) in [7, 11) is 0.805. The molecule has 1 atom stereocenters. The molecule has 0 spiro atoms.